The number of amides is 1. The first-order chi connectivity index (χ1) is 12.7. The van der Waals surface area contributed by atoms with Crippen LogP contribution >= 0.6 is 0 Å². The van der Waals surface area contributed by atoms with E-state index in [1.165, 1.54) is 43.5 Å². The molecule has 1 fully saturated rings. The summed E-state index contributed by atoms with van der Waals surface area (Å²) in [6.45, 7) is 2.02. The second kappa shape index (κ2) is 7.07. The number of aromatic nitrogens is 2. The first kappa shape index (κ1) is 16.4. The molecule has 5 nitrogen and oxygen atoms in total. The van der Waals surface area contributed by atoms with Crippen LogP contribution in [0.5, 0.6) is 0 Å². The molecule has 0 saturated carbocycles. The van der Waals surface area contributed by atoms with E-state index in [4.69, 9.17) is 0 Å². The van der Waals surface area contributed by atoms with Gasteiger partial charge in [-0.1, -0.05) is 0 Å². The van der Waals surface area contributed by atoms with E-state index in [0.717, 1.165) is 29.8 Å². The molecule has 0 unspecified atom stereocenters. The molecule has 0 bridgehead atoms. The number of piperidine rings is 1. The average Bonchev–Trinajstić information content (AvgIpc) is 2.68. The van der Waals surface area contributed by atoms with Crippen molar-refractivity contribution in [1.29, 1.82) is 0 Å². The van der Waals surface area contributed by atoms with E-state index in [1.807, 2.05) is 18.2 Å². The highest BCUT2D eigenvalue weighted by molar-refractivity contribution is 6.05. The molecule has 26 heavy (non-hydrogen) atoms. The van der Waals surface area contributed by atoms with E-state index in [0.29, 0.717) is 11.3 Å². The fourth-order valence-corrected chi connectivity index (χ4v) is 3.28. The number of benzene rings is 2. The van der Waals surface area contributed by atoms with Crippen molar-refractivity contribution in [2.75, 3.05) is 23.3 Å². The van der Waals surface area contributed by atoms with Crippen LogP contribution < -0.4 is 10.2 Å². The highest BCUT2D eigenvalue weighted by atomic mass is 19.1. The van der Waals surface area contributed by atoms with Gasteiger partial charge < -0.3 is 10.2 Å². The lowest BCUT2D eigenvalue weighted by Gasteiger charge is -2.28. The fraction of sp³-hybridized carbons (Fsp3) is 0.250. The Morgan fingerprint density at radius 1 is 1.00 bits per heavy atom. The third kappa shape index (κ3) is 3.35. The van der Waals surface area contributed by atoms with Crippen LogP contribution in [-0.4, -0.2) is 29.0 Å². The Balaban J connectivity index is 1.59. The van der Waals surface area contributed by atoms with Crippen LogP contribution in [0.4, 0.5) is 15.9 Å². The first-order valence-electron chi connectivity index (χ1n) is 8.77. The molecule has 6 heteroatoms. The SMILES string of the molecule is O=C(Nc1ccc2c(N3CCCCC3)ncnc2c1)c1ccc(F)cc1. The summed E-state index contributed by atoms with van der Waals surface area (Å²) in [5.74, 6) is 0.301. The number of anilines is 2. The summed E-state index contributed by atoms with van der Waals surface area (Å²) in [4.78, 5) is 23.4. The Morgan fingerprint density at radius 2 is 1.77 bits per heavy atom. The van der Waals surface area contributed by atoms with E-state index in [2.05, 4.69) is 20.2 Å². The number of nitrogens with one attached hydrogen (secondary N) is 1. The molecule has 1 aromatic heterocycles. The standard InChI is InChI=1S/C20H19FN4O/c21-15-6-4-14(5-7-15)20(26)24-16-8-9-17-18(12-16)22-13-23-19(17)25-10-2-1-3-11-25/h4-9,12-13H,1-3,10-11H2,(H,24,26). The van der Waals surface area contributed by atoms with Crippen molar-refractivity contribution in [3.05, 3.63) is 60.2 Å². The van der Waals surface area contributed by atoms with Crippen molar-refractivity contribution in [1.82, 2.24) is 9.97 Å². The molecular formula is C20H19FN4O. The Hall–Kier alpha value is -3.02. The van der Waals surface area contributed by atoms with Gasteiger partial charge in [0.15, 0.2) is 0 Å². The summed E-state index contributed by atoms with van der Waals surface area (Å²) in [6, 6.07) is 11.1. The van der Waals surface area contributed by atoms with Crippen LogP contribution in [-0.2, 0) is 0 Å². The van der Waals surface area contributed by atoms with E-state index in [9.17, 15) is 9.18 Å². The predicted molar refractivity (Wildman–Crippen MR) is 100.0 cm³/mol. The Kier molecular flexibility index (Phi) is 4.48. The number of rotatable bonds is 3. The number of carbonyl (C=O) groups excluding carboxylic acids is 1. The molecule has 1 N–H and O–H groups in total. The number of fused-ring (bicyclic) bond motifs is 1. The van der Waals surface area contributed by atoms with Crippen molar-refractivity contribution < 1.29 is 9.18 Å². The molecule has 2 aromatic carbocycles. The van der Waals surface area contributed by atoms with Crippen LogP contribution in [0.25, 0.3) is 10.9 Å². The largest absolute Gasteiger partial charge is 0.356 e. The van der Waals surface area contributed by atoms with Crippen LogP contribution in [0.1, 0.15) is 29.6 Å². The van der Waals surface area contributed by atoms with Crippen molar-refractivity contribution in [3.8, 4) is 0 Å². The molecule has 2 heterocycles. The fourth-order valence-electron chi connectivity index (χ4n) is 3.28. The van der Waals surface area contributed by atoms with Crippen LogP contribution in [0.3, 0.4) is 0 Å². The molecule has 1 amide bonds. The van der Waals surface area contributed by atoms with Crippen molar-refractivity contribution >= 4 is 28.3 Å². The summed E-state index contributed by atoms with van der Waals surface area (Å²) in [7, 11) is 0. The van der Waals surface area contributed by atoms with Gasteiger partial charge in [0.25, 0.3) is 5.91 Å². The minimum absolute atomic E-state index is 0.283. The van der Waals surface area contributed by atoms with Crippen molar-refractivity contribution in [2.24, 2.45) is 0 Å². The minimum atomic E-state index is -0.366. The minimum Gasteiger partial charge on any atom is -0.356 e. The van der Waals surface area contributed by atoms with Crippen LogP contribution in [0.2, 0.25) is 0 Å². The van der Waals surface area contributed by atoms with Gasteiger partial charge in [-0.15, -0.1) is 0 Å². The average molecular weight is 350 g/mol. The first-order valence-corrected chi connectivity index (χ1v) is 8.77. The monoisotopic (exact) mass is 350 g/mol. The van der Waals surface area contributed by atoms with Gasteiger partial charge in [0.2, 0.25) is 0 Å². The summed E-state index contributed by atoms with van der Waals surface area (Å²) in [5.41, 5.74) is 1.84. The van der Waals surface area contributed by atoms with Gasteiger partial charge in [-0.25, -0.2) is 14.4 Å². The highest BCUT2D eigenvalue weighted by Gasteiger charge is 2.15. The topological polar surface area (TPSA) is 58.1 Å². The van der Waals surface area contributed by atoms with Crippen molar-refractivity contribution in [2.45, 2.75) is 19.3 Å². The van der Waals surface area contributed by atoms with E-state index in [1.54, 1.807) is 6.33 Å². The lowest BCUT2D eigenvalue weighted by molar-refractivity contribution is 0.102. The number of hydrogen-bond donors (Lipinski definition) is 1. The van der Waals surface area contributed by atoms with Crippen LogP contribution in [0.15, 0.2) is 48.8 Å². The van der Waals surface area contributed by atoms with Gasteiger partial charge in [0.1, 0.15) is 18.0 Å². The van der Waals surface area contributed by atoms with Gasteiger partial charge in [-0.2, -0.15) is 0 Å². The smallest absolute Gasteiger partial charge is 0.255 e. The number of carbonyl (C=O) groups is 1. The van der Waals surface area contributed by atoms with Gasteiger partial charge >= 0.3 is 0 Å². The van der Waals surface area contributed by atoms with Gasteiger partial charge in [0.05, 0.1) is 5.52 Å². The maximum Gasteiger partial charge on any atom is 0.255 e. The molecule has 0 aliphatic carbocycles. The lowest BCUT2D eigenvalue weighted by Crippen LogP contribution is -2.30. The quantitative estimate of drug-likeness (QED) is 0.775. The lowest BCUT2D eigenvalue weighted by atomic mass is 10.1. The molecular weight excluding hydrogens is 331 g/mol. The van der Waals surface area contributed by atoms with Crippen molar-refractivity contribution in [3.63, 3.8) is 0 Å². The molecule has 1 saturated heterocycles. The maximum atomic E-state index is 13.0. The molecule has 0 radical (unpaired) electrons. The van der Waals surface area contributed by atoms with Crippen LogP contribution in [0, 0.1) is 5.82 Å². The Bertz CT molecular complexity index is 936. The summed E-state index contributed by atoms with van der Waals surface area (Å²) >= 11 is 0. The second-order valence-corrected chi connectivity index (χ2v) is 6.44. The Labute approximate surface area is 150 Å². The predicted octanol–water partition coefficient (Wildman–Crippen LogP) is 4.01. The molecule has 132 valence electrons. The maximum absolute atomic E-state index is 13.0. The highest BCUT2D eigenvalue weighted by Crippen LogP contribution is 2.27. The summed E-state index contributed by atoms with van der Waals surface area (Å²) in [5, 5.41) is 3.81. The third-order valence-corrected chi connectivity index (χ3v) is 4.64. The number of nitrogens with zero attached hydrogens (tertiary/aromatic N) is 3. The zero-order valence-electron chi connectivity index (χ0n) is 14.3. The molecule has 3 aromatic rings. The van der Waals surface area contributed by atoms with E-state index < -0.39 is 0 Å². The van der Waals surface area contributed by atoms with E-state index >= 15 is 0 Å². The Morgan fingerprint density at radius 3 is 2.54 bits per heavy atom. The number of halogens is 1. The molecule has 1 aliphatic heterocycles. The molecule has 0 spiro atoms. The van der Waals surface area contributed by atoms with Gasteiger partial charge in [-0.05, 0) is 61.7 Å². The second-order valence-electron chi connectivity index (χ2n) is 6.44. The summed E-state index contributed by atoms with van der Waals surface area (Å²) < 4.78 is 13.0. The molecule has 4 rings (SSSR count). The molecule has 1 aliphatic rings. The van der Waals surface area contributed by atoms with E-state index in [-0.39, 0.29) is 11.7 Å². The normalized spacial score (nSPS) is 14.4. The third-order valence-electron chi connectivity index (χ3n) is 4.64. The zero-order chi connectivity index (χ0) is 17.9. The van der Waals surface area contributed by atoms with Gasteiger partial charge in [0, 0.05) is 29.7 Å². The zero-order valence-corrected chi connectivity index (χ0v) is 14.3. The van der Waals surface area contributed by atoms with Gasteiger partial charge in [-0.3, -0.25) is 4.79 Å². The summed E-state index contributed by atoms with van der Waals surface area (Å²) in [6.07, 6.45) is 5.19. The molecule has 0 atom stereocenters. The number of hydrogen-bond acceptors (Lipinski definition) is 4.